The van der Waals surface area contributed by atoms with E-state index in [4.69, 9.17) is 0 Å². The third kappa shape index (κ3) is 9.58. The average molecular weight is 749 g/mol. The van der Waals surface area contributed by atoms with Gasteiger partial charge in [0.15, 0.2) is 0 Å². The topological polar surface area (TPSA) is 174 Å². The number of likely N-dealkylation sites (N-methyl/N-ethyl adjacent to an activating group) is 1. The van der Waals surface area contributed by atoms with Crippen molar-refractivity contribution in [3.05, 3.63) is 30.2 Å². The molecule has 1 aromatic heterocycles. The Labute approximate surface area is 306 Å². The van der Waals surface area contributed by atoms with Gasteiger partial charge in [0.2, 0.25) is 17.6 Å². The SMILES string of the molecule is C=CCNC(=O)C(=O)[C@@H]1CCCCCCCC[C@H](NC(=O)N[C@H](CN(C)S(=O)(=O)c2cccs2)C(C)(C)C)C(=O)N2C[C@H]3[C@@H]([C@H]2C(=O)N1)C3(C)C. The Balaban J connectivity index is 1.55. The third-order valence-corrected chi connectivity index (χ3v) is 14.0. The number of amides is 5. The van der Waals surface area contributed by atoms with Gasteiger partial charge in [0.1, 0.15) is 16.3 Å². The summed E-state index contributed by atoms with van der Waals surface area (Å²) in [4.78, 5) is 69.5. The Hall–Kier alpha value is -3.30. The highest BCUT2D eigenvalue weighted by molar-refractivity contribution is 7.91. The van der Waals surface area contributed by atoms with Crippen LogP contribution in [0.15, 0.2) is 34.4 Å². The van der Waals surface area contributed by atoms with Crippen molar-refractivity contribution in [1.29, 1.82) is 0 Å². The molecule has 1 saturated carbocycles. The second-order valence-electron chi connectivity index (χ2n) is 15.8. The third-order valence-electron chi connectivity index (χ3n) is 10.8. The normalized spacial score (nSPS) is 26.4. The number of nitrogens with zero attached hydrogens (tertiary/aromatic N) is 2. The van der Waals surface area contributed by atoms with Crippen molar-refractivity contribution in [3.63, 3.8) is 0 Å². The van der Waals surface area contributed by atoms with Gasteiger partial charge in [0, 0.05) is 32.7 Å². The number of hydrogen-bond donors (Lipinski definition) is 4. The predicted molar refractivity (Wildman–Crippen MR) is 196 cm³/mol. The van der Waals surface area contributed by atoms with Gasteiger partial charge in [0.25, 0.3) is 15.9 Å². The minimum Gasteiger partial charge on any atom is -0.346 e. The van der Waals surface area contributed by atoms with Gasteiger partial charge in [-0.05, 0) is 47.0 Å². The van der Waals surface area contributed by atoms with E-state index in [1.54, 1.807) is 22.4 Å². The smallest absolute Gasteiger partial charge is 0.315 e. The van der Waals surface area contributed by atoms with E-state index in [0.29, 0.717) is 32.2 Å². The van der Waals surface area contributed by atoms with Gasteiger partial charge < -0.3 is 26.2 Å². The lowest BCUT2D eigenvalue weighted by Gasteiger charge is -2.36. The van der Waals surface area contributed by atoms with Crippen molar-refractivity contribution in [1.82, 2.24) is 30.5 Å². The lowest BCUT2D eigenvalue weighted by molar-refractivity contribution is -0.144. The summed E-state index contributed by atoms with van der Waals surface area (Å²) in [5.41, 5.74) is -0.734. The largest absolute Gasteiger partial charge is 0.346 e. The van der Waals surface area contributed by atoms with Gasteiger partial charge in [-0.1, -0.05) is 85.3 Å². The Kier molecular flexibility index (Phi) is 13.2. The molecule has 1 aliphatic carbocycles. The molecule has 13 nitrogen and oxygen atoms in total. The number of rotatable bonds is 10. The molecule has 0 unspecified atom stereocenters. The first-order chi connectivity index (χ1) is 23.9. The molecule has 0 spiro atoms. The Morgan fingerprint density at radius 2 is 1.76 bits per heavy atom. The fourth-order valence-electron chi connectivity index (χ4n) is 7.42. The van der Waals surface area contributed by atoms with Crippen LogP contribution in [0.25, 0.3) is 0 Å². The van der Waals surface area contributed by atoms with Crippen LogP contribution in [-0.2, 0) is 29.2 Å². The van der Waals surface area contributed by atoms with E-state index < -0.39 is 63.2 Å². The predicted octanol–water partition coefficient (Wildman–Crippen LogP) is 3.42. The average Bonchev–Trinajstić information content (AvgIpc) is 3.52. The highest BCUT2D eigenvalue weighted by atomic mass is 32.2. The monoisotopic (exact) mass is 748 g/mol. The van der Waals surface area contributed by atoms with E-state index >= 15 is 0 Å². The number of sulfonamides is 1. The lowest BCUT2D eigenvalue weighted by atomic mass is 9.86. The number of nitrogens with one attached hydrogen (secondary N) is 4. The fraction of sp³-hybridized carbons (Fsp3) is 0.694. The molecular weight excluding hydrogens is 693 g/mol. The van der Waals surface area contributed by atoms with Crippen LogP contribution in [0.2, 0.25) is 0 Å². The van der Waals surface area contributed by atoms with Gasteiger partial charge in [-0.15, -0.1) is 17.9 Å². The minimum atomic E-state index is -3.76. The summed E-state index contributed by atoms with van der Waals surface area (Å²) in [6.45, 7) is 13.9. The van der Waals surface area contributed by atoms with Gasteiger partial charge in [-0.2, -0.15) is 4.31 Å². The summed E-state index contributed by atoms with van der Waals surface area (Å²) in [7, 11) is -2.28. The lowest BCUT2D eigenvalue weighted by Crippen LogP contribution is -2.60. The van der Waals surface area contributed by atoms with E-state index in [0.717, 1.165) is 37.0 Å². The van der Waals surface area contributed by atoms with E-state index in [2.05, 4.69) is 41.7 Å². The van der Waals surface area contributed by atoms with E-state index in [-0.39, 0.29) is 40.5 Å². The number of carbonyl (C=O) groups is 5. The molecule has 2 saturated heterocycles. The Morgan fingerprint density at radius 3 is 2.37 bits per heavy atom. The van der Waals surface area contributed by atoms with Crippen LogP contribution in [0.1, 0.15) is 86.0 Å². The summed E-state index contributed by atoms with van der Waals surface area (Å²) >= 11 is 1.12. The first kappa shape index (κ1) is 40.5. The van der Waals surface area contributed by atoms with E-state index in [9.17, 15) is 32.4 Å². The molecule has 15 heteroatoms. The molecule has 4 rings (SSSR count). The minimum absolute atomic E-state index is 0.00801. The standard InChI is InChI=1S/C36H56N6O7S2/c1-8-19-37-32(45)30(43)24-16-13-11-9-10-12-14-17-25(33(46)42-21-23-28(36(23,5)6)29(42)31(44)38-24)39-34(47)40-26(35(2,3)4)22-41(7)51(48,49)27-18-15-20-50-27/h8,15,18,20,23-26,28-29H,1,9-14,16-17,19,21-22H2,2-7H3,(H,37,45)(H,38,44)(H2,39,40,47)/t23-,24-,25-,26+,28-,29-/m0/s1. The van der Waals surface area contributed by atoms with Crippen molar-refractivity contribution < 1.29 is 32.4 Å². The second kappa shape index (κ2) is 16.6. The molecule has 6 atom stereocenters. The Bertz CT molecular complexity index is 1560. The summed E-state index contributed by atoms with van der Waals surface area (Å²) in [5.74, 6) is -2.43. The maximum absolute atomic E-state index is 14.4. The zero-order valence-electron chi connectivity index (χ0n) is 30.8. The molecule has 0 aromatic carbocycles. The number of urea groups is 1. The fourth-order valence-corrected chi connectivity index (χ4v) is 9.81. The maximum atomic E-state index is 14.4. The highest BCUT2D eigenvalue weighted by Gasteiger charge is 2.69. The summed E-state index contributed by atoms with van der Waals surface area (Å²) in [6, 6.07) is -0.812. The first-order valence-corrected chi connectivity index (χ1v) is 20.3. The van der Waals surface area contributed by atoms with Crippen molar-refractivity contribution in [2.24, 2.45) is 22.7 Å². The quantitative estimate of drug-likeness (QED) is 0.210. The molecule has 1 aromatic rings. The summed E-state index contributed by atoms with van der Waals surface area (Å²) < 4.78 is 27.8. The zero-order valence-corrected chi connectivity index (χ0v) is 32.5. The molecule has 3 fully saturated rings. The maximum Gasteiger partial charge on any atom is 0.315 e. The van der Waals surface area contributed by atoms with Crippen LogP contribution < -0.4 is 21.3 Å². The number of Topliss-reactive ketones (excluding diaryl/α,β-unsaturated/α-hetero) is 1. The number of piperidine rings is 1. The van der Waals surface area contributed by atoms with E-state index in [1.807, 2.05) is 20.8 Å². The highest BCUT2D eigenvalue weighted by Crippen LogP contribution is 2.65. The number of ketones is 1. The second-order valence-corrected chi connectivity index (χ2v) is 19.0. The van der Waals surface area contributed by atoms with Crippen molar-refractivity contribution in [2.75, 3.05) is 26.7 Å². The molecule has 3 heterocycles. The van der Waals surface area contributed by atoms with Crippen LogP contribution >= 0.6 is 11.3 Å². The molecule has 2 aliphatic heterocycles. The molecule has 3 aliphatic rings. The van der Waals surface area contributed by atoms with Crippen LogP contribution in [0.5, 0.6) is 0 Å². The van der Waals surface area contributed by atoms with Crippen LogP contribution in [-0.4, -0.2) is 98.0 Å². The first-order valence-electron chi connectivity index (χ1n) is 18.0. The number of fused-ring (bicyclic) bond motifs is 3. The van der Waals surface area contributed by atoms with Crippen molar-refractivity contribution in [2.45, 2.75) is 114 Å². The molecule has 51 heavy (non-hydrogen) atoms. The van der Waals surface area contributed by atoms with Crippen LogP contribution in [0.4, 0.5) is 4.79 Å². The molecule has 5 amide bonds. The van der Waals surface area contributed by atoms with Crippen molar-refractivity contribution in [3.8, 4) is 0 Å². The number of thiophene rings is 1. The molecule has 284 valence electrons. The summed E-state index contributed by atoms with van der Waals surface area (Å²) in [6.07, 6.45) is 6.89. The van der Waals surface area contributed by atoms with Gasteiger partial charge in [-0.3, -0.25) is 19.2 Å². The van der Waals surface area contributed by atoms with Crippen LogP contribution in [0.3, 0.4) is 0 Å². The zero-order chi connectivity index (χ0) is 37.7. The Morgan fingerprint density at radius 1 is 1.12 bits per heavy atom. The molecule has 0 bridgehead atoms. The van der Waals surface area contributed by atoms with Crippen molar-refractivity contribution >= 4 is 50.9 Å². The van der Waals surface area contributed by atoms with Gasteiger partial charge in [-0.25, -0.2) is 13.2 Å². The number of hydrogen-bond acceptors (Lipinski definition) is 8. The van der Waals surface area contributed by atoms with Gasteiger partial charge in [0.05, 0.1) is 6.04 Å². The molecule has 0 radical (unpaired) electrons. The molecule has 4 N–H and O–H groups in total. The summed E-state index contributed by atoms with van der Waals surface area (Å²) in [5, 5.41) is 12.9. The van der Waals surface area contributed by atoms with Crippen LogP contribution in [0, 0.1) is 22.7 Å². The van der Waals surface area contributed by atoms with Gasteiger partial charge >= 0.3 is 6.03 Å². The molecular formula is C36H56N6O7S2. The number of carbonyl (C=O) groups excluding carboxylic acids is 5. The van der Waals surface area contributed by atoms with E-state index in [1.165, 1.54) is 17.4 Å².